The van der Waals surface area contributed by atoms with Crippen molar-refractivity contribution in [1.82, 2.24) is 0 Å². The van der Waals surface area contributed by atoms with Gasteiger partial charge in [-0.1, -0.05) is 146 Å². The smallest absolute Gasteiger partial charge is 0.147 e. The molecule has 0 amide bonds. The van der Waals surface area contributed by atoms with E-state index in [0.717, 1.165) is 49.3 Å². The average molecular weight is 687 g/mol. The van der Waals surface area contributed by atoms with Crippen LogP contribution in [0.25, 0.3) is 120 Å². The summed E-state index contributed by atoms with van der Waals surface area (Å²) >= 11 is 0. The molecule has 0 radical (unpaired) electrons. The van der Waals surface area contributed by atoms with Crippen molar-refractivity contribution in [1.29, 1.82) is 0 Å². The van der Waals surface area contributed by atoms with Crippen molar-refractivity contribution in [2.75, 3.05) is 0 Å². The highest BCUT2D eigenvalue weighted by atomic mass is 16.3. The minimum atomic E-state index is 0.845. The summed E-state index contributed by atoms with van der Waals surface area (Å²) in [6, 6.07) is 65.8. The van der Waals surface area contributed by atoms with Crippen LogP contribution in [0.4, 0.5) is 0 Å². The lowest BCUT2D eigenvalue weighted by Gasteiger charge is -2.19. The van der Waals surface area contributed by atoms with Crippen molar-refractivity contribution < 1.29 is 8.83 Å². The van der Waals surface area contributed by atoms with E-state index in [1.165, 1.54) is 71.1 Å². The van der Waals surface area contributed by atoms with Gasteiger partial charge in [0, 0.05) is 16.2 Å². The van der Waals surface area contributed by atoms with Gasteiger partial charge in [-0.05, 0) is 113 Å². The number of rotatable bonds is 3. The first-order chi connectivity index (χ1) is 26.8. The zero-order valence-electron chi connectivity index (χ0n) is 29.1. The second kappa shape index (κ2) is 11.2. The number of hydrogen-bond acceptors (Lipinski definition) is 2. The van der Waals surface area contributed by atoms with Crippen molar-refractivity contribution in [3.8, 4) is 33.4 Å². The maximum Gasteiger partial charge on any atom is 0.147 e. The molecule has 12 aromatic rings. The van der Waals surface area contributed by atoms with E-state index >= 15 is 0 Å². The number of fused-ring (bicyclic) bond motifs is 11. The maximum absolute atomic E-state index is 6.67. The molecule has 2 heteroatoms. The average Bonchev–Trinajstić information content (AvgIpc) is 3.79. The van der Waals surface area contributed by atoms with Gasteiger partial charge in [-0.25, -0.2) is 0 Å². The summed E-state index contributed by atoms with van der Waals surface area (Å²) in [5.41, 5.74) is 10.9. The third-order valence-corrected chi connectivity index (χ3v) is 11.4. The first kappa shape index (κ1) is 29.4. The minimum Gasteiger partial charge on any atom is -0.456 e. The molecule has 0 N–H and O–H groups in total. The van der Waals surface area contributed by atoms with Gasteiger partial charge in [-0.3, -0.25) is 0 Å². The van der Waals surface area contributed by atoms with Gasteiger partial charge >= 0.3 is 0 Å². The summed E-state index contributed by atoms with van der Waals surface area (Å²) < 4.78 is 12.8. The van der Waals surface area contributed by atoms with Gasteiger partial charge in [0.05, 0.1) is 5.39 Å². The second-order valence-electron chi connectivity index (χ2n) is 14.3. The Morgan fingerprint density at radius 3 is 1.63 bits per heavy atom. The van der Waals surface area contributed by atoms with Crippen LogP contribution < -0.4 is 0 Å². The van der Waals surface area contributed by atoms with Gasteiger partial charge in [0.2, 0.25) is 0 Å². The highest BCUT2D eigenvalue weighted by molar-refractivity contribution is 6.25. The molecule has 2 nitrogen and oxygen atoms in total. The van der Waals surface area contributed by atoms with E-state index in [9.17, 15) is 0 Å². The Hall–Kier alpha value is -7.16. The molecule has 0 atom stereocenters. The quantitative estimate of drug-likeness (QED) is 0.173. The lowest BCUT2D eigenvalue weighted by molar-refractivity contribution is 0.663. The van der Waals surface area contributed by atoms with Crippen molar-refractivity contribution in [2.45, 2.75) is 0 Å². The Labute approximate surface area is 310 Å². The molecule has 0 fully saturated rings. The molecule has 0 aliphatic rings. The molecule has 0 aliphatic carbocycles. The lowest BCUT2D eigenvalue weighted by Crippen LogP contribution is -1.92. The molecule has 0 unspecified atom stereocenters. The third-order valence-electron chi connectivity index (χ3n) is 11.4. The molecule has 2 aromatic heterocycles. The molecule has 54 heavy (non-hydrogen) atoms. The van der Waals surface area contributed by atoms with Crippen LogP contribution in [0.5, 0.6) is 0 Å². The van der Waals surface area contributed by atoms with E-state index < -0.39 is 0 Å². The van der Waals surface area contributed by atoms with E-state index in [1.807, 2.05) is 12.1 Å². The Morgan fingerprint density at radius 1 is 0.278 bits per heavy atom. The molecule has 10 aromatic carbocycles. The van der Waals surface area contributed by atoms with E-state index in [0.29, 0.717) is 0 Å². The van der Waals surface area contributed by atoms with Crippen LogP contribution in [0.1, 0.15) is 0 Å². The second-order valence-corrected chi connectivity index (χ2v) is 14.3. The van der Waals surface area contributed by atoms with Crippen LogP contribution >= 0.6 is 0 Å². The Balaban J connectivity index is 1.06. The first-order valence-electron chi connectivity index (χ1n) is 18.5. The summed E-state index contributed by atoms with van der Waals surface area (Å²) in [6.45, 7) is 0. The zero-order valence-corrected chi connectivity index (χ0v) is 29.1. The molecular weight excluding hydrogens is 657 g/mol. The molecule has 0 saturated heterocycles. The predicted octanol–water partition coefficient (Wildman–Crippen LogP) is 15.1. The minimum absolute atomic E-state index is 0.845. The van der Waals surface area contributed by atoms with E-state index in [2.05, 4.69) is 170 Å². The molecule has 0 bridgehead atoms. The summed E-state index contributed by atoms with van der Waals surface area (Å²) in [5, 5.41) is 14.2. The summed E-state index contributed by atoms with van der Waals surface area (Å²) in [6.07, 6.45) is 0. The summed E-state index contributed by atoms with van der Waals surface area (Å²) in [4.78, 5) is 0. The van der Waals surface area contributed by atoms with E-state index in [4.69, 9.17) is 8.83 Å². The third kappa shape index (κ3) is 4.17. The first-order valence-corrected chi connectivity index (χ1v) is 18.5. The van der Waals surface area contributed by atoms with Crippen LogP contribution in [0.3, 0.4) is 0 Å². The lowest BCUT2D eigenvalue weighted by atomic mass is 9.84. The van der Waals surface area contributed by atoms with Gasteiger partial charge < -0.3 is 8.83 Å². The van der Waals surface area contributed by atoms with Crippen molar-refractivity contribution in [2.24, 2.45) is 0 Å². The number of benzene rings is 10. The molecule has 0 spiro atoms. The number of para-hydroxylation sites is 1. The van der Waals surface area contributed by atoms with Crippen LogP contribution in [-0.4, -0.2) is 0 Å². The van der Waals surface area contributed by atoms with Crippen LogP contribution in [0, 0.1) is 0 Å². The SMILES string of the molecule is c1ccc(-c2c3ccccc3c(-c3ccc(-c4ccc5cc6c(cc5c4)oc4c6ccc5oc6ccccc6c54)c4ccccc34)c3ccccc23)cc1. The molecule has 250 valence electrons. The summed E-state index contributed by atoms with van der Waals surface area (Å²) in [7, 11) is 0. The standard InChI is InChI=1S/C52H30O2/c1-2-12-31(13-3-1)49-38-16-6-8-18-40(38)50(41-19-9-7-17-39(41)49)42-25-24-35(36-14-4-5-15-37(36)42)33-23-22-32-29-45-43-26-27-47-51(44-20-10-11-21-46(44)53-47)52(43)54-48(45)30-34(32)28-33/h1-30H. The molecule has 0 saturated carbocycles. The Kier molecular flexibility index (Phi) is 6.09. The fraction of sp³-hybridized carbons (Fsp3) is 0. The fourth-order valence-corrected chi connectivity index (χ4v) is 9.06. The van der Waals surface area contributed by atoms with Crippen molar-refractivity contribution in [3.05, 3.63) is 182 Å². The molecule has 12 rings (SSSR count). The van der Waals surface area contributed by atoms with Crippen molar-refractivity contribution in [3.63, 3.8) is 0 Å². The van der Waals surface area contributed by atoms with Crippen LogP contribution in [0.2, 0.25) is 0 Å². The Bertz CT molecular complexity index is 3430. The topological polar surface area (TPSA) is 26.3 Å². The highest BCUT2D eigenvalue weighted by Gasteiger charge is 2.20. The maximum atomic E-state index is 6.67. The van der Waals surface area contributed by atoms with Gasteiger partial charge in [0.15, 0.2) is 0 Å². The number of hydrogen-bond donors (Lipinski definition) is 0. The van der Waals surface area contributed by atoms with Gasteiger partial charge in [-0.2, -0.15) is 0 Å². The van der Waals surface area contributed by atoms with Gasteiger partial charge in [-0.15, -0.1) is 0 Å². The highest BCUT2D eigenvalue weighted by Crippen LogP contribution is 2.47. The Morgan fingerprint density at radius 2 is 0.889 bits per heavy atom. The fourth-order valence-electron chi connectivity index (χ4n) is 9.06. The van der Waals surface area contributed by atoms with Gasteiger partial charge in [0.1, 0.15) is 22.3 Å². The van der Waals surface area contributed by atoms with E-state index in [-0.39, 0.29) is 0 Å². The molecule has 2 heterocycles. The van der Waals surface area contributed by atoms with E-state index in [1.54, 1.807) is 0 Å². The summed E-state index contributed by atoms with van der Waals surface area (Å²) in [5.74, 6) is 0. The normalized spacial score (nSPS) is 12.1. The monoisotopic (exact) mass is 686 g/mol. The number of furan rings is 2. The molecule has 0 aliphatic heterocycles. The van der Waals surface area contributed by atoms with Crippen molar-refractivity contribution >= 4 is 87.0 Å². The van der Waals surface area contributed by atoms with Crippen LogP contribution in [-0.2, 0) is 0 Å². The predicted molar refractivity (Wildman–Crippen MR) is 227 cm³/mol. The largest absolute Gasteiger partial charge is 0.456 e. The molecular formula is C52H30O2. The van der Waals surface area contributed by atoms with Crippen LogP contribution in [0.15, 0.2) is 191 Å². The zero-order chi connectivity index (χ0) is 35.3. The van der Waals surface area contributed by atoms with Gasteiger partial charge in [0.25, 0.3) is 0 Å².